The summed E-state index contributed by atoms with van der Waals surface area (Å²) < 4.78 is 16.3. The Labute approximate surface area is 211 Å². The summed E-state index contributed by atoms with van der Waals surface area (Å²) in [6.07, 6.45) is 1.93. The molecule has 2 aromatic rings. The van der Waals surface area contributed by atoms with Gasteiger partial charge in [0, 0.05) is 25.2 Å². The smallest absolute Gasteiger partial charge is 0.355 e. The lowest BCUT2D eigenvalue weighted by Crippen LogP contribution is -2.40. The van der Waals surface area contributed by atoms with Gasteiger partial charge >= 0.3 is 5.97 Å². The predicted molar refractivity (Wildman–Crippen MR) is 133 cm³/mol. The van der Waals surface area contributed by atoms with Gasteiger partial charge in [0.05, 0.1) is 18.2 Å². The number of nitrogens with zero attached hydrogens (tertiary/aromatic N) is 1. The molecule has 0 radical (unpaired) electrons. The number of likely N-dealkylation sites (tertiary alicyclic amines) is 1. The zero-order chi connectivity index (χ0) is 25.8. The van der Waals surface area contributed by atoms with Gasteiger partial charge in [-0.2, -0.15) is 0 Å². The SMILES string of the molecule is CCOC(=O)c1[nH]c(C)c(C(=O)N2CCC(CC(=O)N[C@H](C)c3ccc4c(c3)OCCO4)CC2)c1C. The summed E-state index contributed by atoms with van der Waals surface area (Å²) in [4.78, 5) is 43.0. The van der Waals surface area contributed by atoms with Gasteiger partial charge in [0.15, 0.2) is 11.5 Å². The summed E-state index contributed by atoms with van der Waals surface area (Å²) in [5.74, 6) is 1.11. The molecule has 2 aliphatic heterocycles. The normalized spacial score (nSPS) is 16.4. The molecular formula is C27H35N3O6. The molecule has 0 saturated carbocycles. The van der Waals surface area contributed by atoms with Gasteiger partial charge in [-0.25, -0.2) is 4.79 Å². The van der Waals surface area contributed by atoms with Crippen LogP contribution < -0.4 is 14.8 Å². The van der Waals surface area contributed by atoms with Crippen molar-refractivity contribution in [2.45, 2.75) is 53.0 Å². The molecule has 0 spiro atoms. The van der Waals surface area contributed by atoms with E-state index in [-0.39, 0.29) is 30.4 Å². The molecule has 36 heavy (non-hydrogen) atoms. The first kappa shape index (κ1) is 25.6. The van der Waals surface area contributed by atoms with E-state index in [0.29, 0.717) is 61.0 Å². The van der Waals surface area contributed by atoms with Crippen LogP contribution in [0.3, 0.4) is 0 Å². The van der Waals surface area contributed by atoms with E-state index in [4.69, 9.17) is 14.2 Å². The lowest BCUT2D eigenvalue weighted by molar-refractivity contribution is -0.122. The maximum absolute atomic E-state index is 13.2. The lowest BCUT2D eigenvalue weighted by Gasteiger charge is -2.32. The second-order valence-electron chi connectivity index (χ2n) is 9.48. The Morgan fingerprint density at radius 1 is 1.14 bits per heavy atom. The lowest BCUT2D eigenvalue weighted by atomic mass is 9.92. The number of H-pyrrole nitrogens is 1. The van der Waals surface area contributed by atoms with Gasteiger partial charge in [-0.3, -0.25) is 9.59 Å². The number of amides is 2. The van der Waals surface area contributed by atoms with Crippen molar-refractivity contribution in [1.82, 2.24) is 15.2 Å². The van der Waals surface area contributed by atoms with Crippen LogP contribution in [-0.2, 0) is 9.53 Å². The van der Waals surface area contributed by atoms with Gasteiger partial charge in [-0.05, 0) is 69.7 Å². The number of rotatable bonds is 7. The summed E-state index contributed by atoms with van der Waals surface area (Å²) in [7, 11) is 0. The van der Waals surface area contributed by atoms with Crippen molar-refractivity contribution in [3.8, 4) is 11.5 Å². The van der Waals surface area contributed by atoms with Gasteiger partial charge in [-0.1, -0.05) is 6.07 Å². The van der Waals surface area contributed by atoms with Crippen LogP contribution in [0.25, 0.3) is 0 Å². The molecule has 4 rings (SSSR count). The van der Waals surface area contributed by atoms with Crippen LogP contribution in [0.4, 0.5) is 0 Å². The fourth-order valence-corrected chi connectivity index (χ4v) is 4.95. The zero-order valence-corrected chi connectivity index (χ0v) is 21.4. The number of piperidine rings is 1. The molecule has 2 amide bonds. The van der Waals surface area contributed by atoms with E-state index in [2.05, 4.69) is 10.3 Å². The van der Waals surface area contributed by atoms with Crippen LogP contribution in [0.1, 0.15) is 76.8 Å². The molecule has 3 heterocycles. The fourth-order valence-electron chi connectivity index (χ4n) is 4.95. The minimum Gasteiger partial charge on any atom is -0.486 e. The molecule has 2 aliphatic rings. The Morgan fingerprint density at radius 2 is 1.83 bits per heavy atom. The van der Waals surface area contributed by atoms with Gasteiger partial charge in [0.2, 0.25) is 5.91 Å². The Balaban J connectivity index is 1.29. The van der Waals surface area contributed by atoms with E-state index in [1.807, 2.05) is 30.0 Å². The number of carbonyl (C=O) groups is 3. The van der Waals surface area contributed by atoms with Crippen molar-refractivity contribution in [3.63, 3.8) is 0 Å². The Kier molecular flexibility index (Phi) is 7.86. The molecule has 2 N–H and O–H groups in total. The summed E-state index contributed by atoms with van der Waals surface area (Å²) in [5.41, 5.74) is 3.10. The van der Waals surface area contributed by atoms with Gasteiger partial charge in [0.1, 0.15) is 18.9 Å². The maximum atomic E-state index is 13.2. The number of nitrogens with one attached hydrogen (secondary N) is 2. The molecule has 0 aliphatic carbocycles. The number of hydrogen-bond acceptors (Lipinski definition) is 6. The number of esters is 1. The molecule has 9 heteroatoms. The summed E-state index contributed by atoms with van der Waals surface area (Å²) in [5, 5.41) is 3.08. The molecular weight excluding hydrogens is 462 g/mol. The number of carbonyl (C=O) groups excluding carboxylic acids is 3. The highest BCUT2D eigenvalue weighted by Crippen LogP contribution is 2.33. The number of benzene rings is 1. The van der Waals surface area contributed by atoms with E-state index in [1.165, 1.54) is 0 Å². The van der Waals surface area contributed by atoms with Crippen LogP contribution >= 0.6 is 0 Å². The molecule has 1 aromatic carbocycles. The van der Waals surface area contributed by atoms with E-state index in [9.17, 15) is 14.4 Å². The first-order valence-electron chi connectivity index (χ1n) is 12.6. The van der Waals surface area contributed by atoms with E-state index >= 15 is 0 Å². The molecule has 1 atom stereocenters. The van der Waals surface area contributed by atoms with Crippen LogP contribution in [0.15, 0.2) is 18.2 Å². The van der Waals surface area contributed by atoms with Gasteiger partial charge in [-0.15, -0.1) is 0 Å². The highest BCUT2D eigenvalue weighted by atomic mass is 16.6. The van der Waals surface area contributed by atoms with Gasteiger partial charge in [0.25, 0.3) is 5.91 Å². The largest absolute Gasteiger partial charge is 0.486 e. The van der Waals surface area contributed by atoms with Crippen LogP contribution in [0.2, 0.25) is 0 Å². The van der Waals surface area contributed by atoms with Crippen molar-refractivity contribution in [1.29, 1.82) is 0 Å². The first-order valence-corrected chi connectivity index (χ1v) is 12.6. The monoisotopic (exact) mass is 497 g/mol. The van der Waals surface area contributed by atoms with Crippen molar-refractivity contribution in [2.75, 3.05) is 32.9 Å². The summed E-state index contributed by atoms with van der Waals surface area (Å²) in [6, 6.07) is 5.59. The zero-order valence-electron chi connectivity index (χ0n) is 21.4. The predicted octanol–water partition coefficient (Wildman–Crippen LogP) is 3.70. The van der Waals surface area contributed by atoms with Crippen LogP contribution in [0, 0.1) is 19.8 Å². The molecule has 0 unspecified atom stereocenters. The maximum Gasteiger partial charge on any atom is 0.355 e. The third kappa shape index (κ3) is 5.50. The standard InChI is InChI=1S/C27H35N3O6/c1-5-34-27(33)25-16(2)24(18(4)29-25)26(32)30-10-8-19(9-11-30)14-23(31)28-17(3)20-6-7-21-22(15-20)36-13-12-35-21/h6-7,15,17,19,29H,5,8-14H2,1-4H3,(H,28,31)/t17-/m1/s1. The van der Waals surface area contributed by atoms with Crippen molar-refractivity contribution in [2.24, 2.45) is 5.92 Å². The molecule has 0 bridgehead atoms. The third-order valence-corrected chi connectivity index (χ3v) is 6.95. The number of fused-ring (bicyclic) bond motifs is 1. The fraction of sp³-hybridized carbons (Fsp3) is 0.519. The second kappa shape index (κ2) is 11.1. The summed E-state index contributed by atoms with van der Waals surface area (Å²) in [6.45, 7) is 9.76. The van der Waals surface area contributed by atoms with Crippen LogP contribution in [0.5, 0.6) is 11.5 Å². The average Bonchev–Trinajstić information content (AvgIpc) is 3.17. The van der Waals surface area contributed by atoms with E-state index in [0.717, 1.165) is 24.2 Å². The molecule has 1 fully saturated rings. The highest BCUT2D eigenvalue weighted by Gasteiger charge is 2.30. The quantitative estimate of drug-likeness (QED) is 0.565. The summed E-state index contributed by atoms with van der Waals surface area (Å²) >= 11 is 0. The van der Waals surface area contributed by atoms with Crippen molar-refractivity contribution >= 4 is 17.8 Å². The minimum absolute atomic E-state index is 0.00133. The number of aromatic amines is 1. The Bertz CT molecular complexity index is 1130. The average molecular weight is 498 g/mol. The topological polar surface area (TPSA) is 110 Å². The number of ether oxygens (including phenoxy) is 3. The Hall–Kier alpha value is -3.49. The second-order valence-corrected chi connectivity index (χ2v) is 9.48. The number of hydrogen-bond donors (Lipinski definition) is 2. The third-order valence-electron chi connectivity index (χ3n) is 6.95. The van der Waals surface area contributed by atoms with Crippen molar-refractivity contribution < 1.29 is 28.6 Å². The van der Waals surface area contributed by atoms with Gasteiger partial charge < -0.3 is 29.4 Å². The highest BCUT2D eigenvalue weighted by molar-refractivity contribution is 6.01. The number of aromatic nitrogens is 1. The minimum atomic E-state index is -0.452. The Morgan fingerprint density at radius 3 is 2.53 bits per heavy atom. The molecule has 1 saturated heterocycles. The van der Waals surface area contributed by atoms with Crippen LogP contribution in [-0.4, -0.2) is 60.6 Å². The van der Waals surface area contributed by atoms with E-state index < -0.39 is 5.97 Å². The number of aryl methyl sites for hydroxylation is 1. The van der Waals surface area contributed by atoms with Crippen molar-refractivity contribution in [3.05, 3.63) is 46.3 Å². The first-order chi connectivity index (χ1) is 17.3. The van der Waals surface area contributed by atoms with E-state index in [1.54, 1.807) is 20.8 Å². The molecule has 194 valence electrons. The molecule has 1 aromatic heterocycles. The molecule has 9 nitrogen and oxygen atoms in total.